The molecule has 2 N–H and O–H groups in total. The van der Waals surface area contributed by atoms with Crippen LogP contribution in [0.2, 0.25) is 0 Å². The Hall–Kier alpha value is -0.850. The minimum atomic E-state index is -0.819. The summed E-state index contributed by atoms with van der Waals surface area (Å²) in [6.45, 7) is 1.70. The van der Waals surface area contributed by atoms with Gasteiger partial charge in [0.25, 0.3) is 0 Å². The molecule has 0 bridgehead atoms. The topological polar surface area (TPSA) is 49.8 Å². The van der Waals surface area contributed by atoms with Gasteiger partial charge in [-0.15, -0.1) is 0 Å². The Kier molecular flexibility index (Phi) is 1.75. The van der Waals surface area contributed by atoms with Crippen molar-refractivity contribution in [1.29, 1.82) is 5.26 Å². The molecule has 0 spiro atoms. The van der Waals surface area contributed by atoms with Crippen LogP contribution in [0.4, 0.5) is 0 Å². The lowest BCUT2D eigenvalue weighted by Gasteiger charge is -2.11. The molecule has 0 aliphatic carbocycles. The standard InChI is InChI=1S/C7H8N2S/c1-7(9,5-8)6-2-3-10-4-6/h2-4H,9H2,1H3/t7-/m0/s1. The summed E-state index contributed by atoms with van der Waals surface area (Å²) in [4.78, 5) is 0. The van der Waals surface area contributed by atoms with Crippen LogP contribution in [0, 0.1) is 11.3 Å². The van der Waals surface area contributed by atoms with Gasteiger partial charge in [-0.25, -0.2) is 0 Å². The van der Waals surface area contributed by atoms with Crippen LogP contribution in [0.5, 0.6) is 0 Å². The van der Waals surface area contributed by atoms with Gasteiger partial charge in [-0.05, 0) is 29.3 Å². The molecule has 0 aromatic carbocycles. The molecule has 1 heterocycles. The van der Waals surface area contributed by atoms with Crippen LogP contribution in [0.25, 0.3) is 0 Å². The Balaban J connectivity index is 2.99. The van der Waals surface area contributed by atoms with E-state index in [1.807, 2.05) is 22.9 Å². The fourth-order valence-electron chi connectivity index (χ4n) is 0.625. The van der Waals surface area contributed by atoms with Crippen molar-refractivity contribution in [3.8, 4) is 6.07 Å². The SMILES string of the molecule is C[C@](N)(C#N)c1ccsc1. The third kappa shape index (κ3) is 1.18. The highest BCUT2D eigenvalue weighted by atomic mass is 32.1. The Labute approximate surface area is 63.9 Å². The molecule has 52 valence electrons. The molecule has 0 saturated carbocycles. The van der Waals surface area contributed by atoms with E-state index in [9.17, 15) is 0 Å². The normalized spacial score (nSPS) is 15.7. The van der Waals surface area contributed by atoms with E-state index in [1.54, 1.807) is 18.3 Å². The molecular formula is C7H8N2S. The maximum atomic E-state index is 8.60. The predicted molar refractivity (Wildman–Crippen MR) is 41.5 cm³/mol. The van der Waals surface area contributed by atoms with Gasteiger partial charge >= 0.3 is 0 Å². The van der Waals surface area contributed by atoms with Crippen molar-refractivity contribution in [3.05, 3.63) is 22.4 Å². The van der Waals surface area contributed by atoms with Gasteiger partial charge in [-0.3, -0.25) is 0 Å². The van der Waals surface area contributed by atoms with Crippen LogP contribution in [-0.2, 0) is 5.54 Å². The summed E-state index contributed by atoms with van der Waals surface area (Å²) < 4.78 is 0. The zero-order valence-electron chi connectivity index (χ0n) is 5.66. The van der Waals surface area contributed by atoms with E-state index in [4.69, 9.17) is 11.0 Å². The quantitative estimate of drug-likeness (QED) is 0.662. The summed E-state index contributed by atoms with van der Waals surface area (Å²) in [6, 6.07) is 3.90. The molecular weight excluding hydrogens is 144 g/mol. The highest BCUT2D eigenvalue weighted by Crippen LogP contribution is 2.18. The van der Waals surface area contributed by atoms with Crippen molar-refractivity contribution in [2.45, 2.75) is 12.5 Å². The van der Waals surface area contributed by atoms with Crippen molar-refractivity contribution in [2.75, 3.05) is 0 Å². The van der Waals surface area contributed by atoms with Gasteiger partial charge in [-0.2, -0.15) is 16.6 Å². The van der Waals surface area contributed by atoms with Crippen molar-refractivity contribution in [3.63, 3.8) is 0 Å². The number of hydrogen-bond donors (Lipinski definition) is 1. The van der Waals surface area contributed by atoms with Crippen LogP contribution in [0.1, 0.15) is 12.5 Å². The third-order valence-corrected chi connectivity index (χ3v) is 2.04. The first-order chi connectivity index (χ1) is 4.67. The molecule has 0 saturated heterocycles. The molecule has 0 aliphatic rings. The average Bonchev–Trinajstić information content (AvgIpc) is 2.38. The molecule has 0 aliphatic heterocycles. The van der Waals surface area contributed by atoms with E-state index < -0.39 is 5.54 Å². The Morgan fingerprint density at radius 3 is 2.90 bits per heavy atom. The maximum Gasteiger partial charge on any atom is 0.127 e. The van der Waals surface area contributed by atoms with Gasteiger partial charge in [0, 0.05) is 0 Å². The van der Waals surface area contributed by atoms with E-state index in [-0.39, 0.29) is 0 Å². The number of rotatable bonds is 1. The Morgan fingerprint density at radius 1 is 1.80 bits per heavy atom. The number of nitrogens with zero attached hydrogens (tertiary/aromatic N) is 1. The zero-order chi connectivity index (χ0) is 7.61. The van der Waals surface area contributed by atoms with Gasteiger partial charge < -0.3 is 5.73 Å². The average molecular weight is 152 g/mol. The molecule has 1 aromatic heterocycles. The minimum absolute atomic E-state index is 0.819. The molecule has 1 rings (SSSR count). The summed E-state index contributed by atoms with van der Waals surface area (Å²) in [6.07, 6.45) is 0. The molecule has 1 atom stereocenters. The third-order valence-electron chi connectivity index (χ3n) is 1.35. The highest BCUT2D eigenvalue weighted by Gasteiger charge is 2.19. The van der Waals surface area contributed by atoms with E-state index in [1.165, 1.54) is 0 Å². The first-order valence-electron chi connectivity index (χ1n) is 2.89. The van der Waals surface area contributed by atoms with Crippen molar-refractivity contribution < 1.29 is 0 Å². The van der Waals surface area contributed by atoms with Crippen LogP contribution in [-0.4, -0.2) is 0 Å². The van der Waals surface area contributed by atoms with Gasteiger partial charge in [0.1, 0.15) is 5.54 Å². The Bertz CT molecular complexity index is 243. The highest BCUT2D eigenvalue weighted by molar-refractivity contribution is 7.08. The lowest BCUT2D eigenvalue weighted by molar-refractivity contribution is 0.649. The summed E-state index contributed by atoms with van der Waals surface area (Å²) in [5.74, 6) is 0. The smallest absolute Gasteiger partial charge is 0.127 e. The second-order valence-corrected chi connectivity index (χ2v) is 3.11. The number of hydrogen-bond acceptors (Lipinski definition) is 3. The molecule has 2 nitrogen and oxygen atoms in total. The van der Waals surface area contributed by atoms with Crippen LogP contribution >= 0.6 is 11.3 Å². The Morgan fingerprint density at radius 2 is 2.50 bits per heavy atom. The fraction of sp³-hybridized carbons (Fsp3) is 0.286. The first kappa shape index (κ1) is 7.26. The molecule has 0 unspecified atom stereocenters. The summed E-state index contributed by atoms with van der Waals surface area (Å²) in [5, 5.41) is 12.4. The fourth-order valence-corrected chi connectivity index (χ4v) is 1.40. The molecule has 10 heavy (non-hydrogen) atoms. The van der Waals surface area contributed by atoms with Crippen LogP contribution in [0.15, 0.2) is 16.8 Å². The van der Waals surface area contributed by atoms with Crippen molar-refractivity contribution in [1.82, 2.24) is 0 Å². The zero-order valence-corrected chi connectivity index (χ0v) is 6.48. The van der Waals surface area contributed by atoms with E-state index >= 15 is 0 Å². The number of thiophene rings is 1. The minimum Gasteiger partial charge on any atom is -0.310 e. The molecule has 1 aromatic rings. The predicted octanol–water partition coefficient (Wildman–Crippen LogP) is 1.45. The summed E-state index contributed by atoms with van der Waals surface area (Å²) in [7, 11) is 0. The van der Waals surface area contributed by atoms with Gasteiger partial charge in [-0.1, -0.05) is 0 Å². The number of nitriles is 1. The largest absolute Gasteiger partial charge is 0.310 e. The number of nitrogens with two attached hydrogens (primary N) is 1. The van der Waals surface area contributed by atoms with Crippen LogP contribution < -0.4 is 5.73 Å². The van der Waals surface area contributed by atoms with Crippen LogP contribution in [0.3, 0.4) is 0 Å². The first-order valence-corrected chi connectivity index (χ1v) is 3.84. The monoisotopic (exact) mass is 152 g/mol. The van der Waals surface area contributed by atoms with Gasteiger partial charge in [0.05, 0.1) is 6.07 Å². The molecule has 0 radical (unpaired) electrons. The molecule has 0 fully saturated rings. The van der Waals surface area contributed by atoms with E-state index in [2.05, 4.69) is 0 Å². The van der Waals surface area contributed by atoms with Gasteiger partial charge in [0.2, 0.25) is 0 Å². The van der Waals surface area contributed by atoms with Crippen molar-refractivity contribution in [2.24, 2.45) is 5.73 Å². The second kappa shape index (κ2) is 2.41. The summed E-state index contributed by atoms with van der Waals surface area (Å²) in [5.41, 5.74) is 5.70. The second-order valence-electron chi connectivity index (χ2n) is 2.33. The summed E-state index contributed by atoms with van der Waals surface area (Å²) >= 11 is 1.55. The lowest BCUT2D eigenvalue weighted by Crippen LogP contribution is -2.29. The van der Waals surface area contributed by atoms with Gasteiger partial charge in [0.15, 0.2) is 0 Å². The molecule has 0 amide bonds. The van der Waals surface area contributed by atoms with E-state index in [0.717, 1.165) is 5.56 Å². The molecule has 3 heteroatoms. The lowest BCUT2D eigenvalue weighted by atomic mass is 9.99. The van der Waals surface area contributed by atoms with E-state index in [0.29, 0.717) is 0 Å². The maximum absolute atomic E-state index is 8.60. The van der Waals surface area contributed by atoms with Crippen molar-refractivity contribution >= 4 is 11.3 Å².